The average molecular weight is 398 g/mol. The molecule has 2 heterocycles. The summed E-state index contributed by atoms with van der Waals surface area (Å²) in [6.45, 7) is 0.176. The van der Waals surface area contributed by atoms with Crippen LogP contribution < -0.4 is 10.1 Å². The van der Waals surface area contributed by atoms with Crippen molar-refractivity contribution in [2.45, 2.75) is 11.8 Å². The molecule has 2 aromatic carbocycles. The highest BCUT2D eigenvalue weighted by molar-refractivity contribution is 7.99. The first-order valence-electron chi connectivity index (χ1n) is 8.05. The number of nitrogens with zero attached hydrogens (tertiary/aromatic N) is 3. The molecule has 1 amide bonds. The van der Waals surface area contributed by atoms with Crippen molar-refractivity contribution in [1.29, 1.82) is 0 Å². The number of benzene rings is 2. The molecule has 1 N–H and O–H groups in total. The van der Waals surface area contributed by atoms with Gasteiger partial charge in [0.1, 0.15) is 5.75 Å². The highest BCUT2D eigenvalue weighted by Crippen LogP contribution is 2.26. The monoisotopic (exact) mass is 398 g/mol. The molecule has 4 rings (SSSR count). The maximum absolute atomic E-state index is 12.1. The van der Waals surface area contributed by atoms with Gasteiger partial charge in [0.25, 0.3) is 11.1 Å². The number of carbonyl (C=O) groups is 1. The Hall–Kier alpha value is -2.91. The molecule has 0 aliphatic carbocycles. The number of para-hydroxylation sites is 2. The quantitative estimate of drug-likeness (QED) is 0.471. The number of carbonyl (C=O) groups excluding carboxylic acids is 1. The molecule has 0 atom stereocenters. The van der Waals surface area contributed by atoms with Gasteiger partial charge in [-0.1, -0.05) is 53.4 Å². The number of nitrogens with one attached hydrogen (secondary N) is 1. The van der Waals surface area contributed by atoms with Crippen molar-refractivity contribution < 1.29 is 13.9 Å². The van der Waals surface area contributed by atoms with Crippen LogP contribution in [0.4, 0.5) is 5.13 Å². The Balaban J connectivity index is 1.27. The molecule has 0 fully saturated rings. The zero-order chi connectivity index (χ0) is 18.5. The lowest BCUT2D eigenvalue weighted by molar-refractivity contribution is -0.113. The van der Waals surface area contributed by atoms with Crippen LogP contribution in [0.1, 0.15) is 5.89 Å². The van der Waals surface area contributed by atoms with E-state index < -0.39 is 0 Å². The minimum absolute atomic E-state index is 0.150. The van der Waals surface area contributed by atoms with Crippen LogP contribution in [0.5, 0.6) is 5.75 Å². The number of amides is 1. The number of hydrogen-bond acceptors (Lipinski definition) is 8. The van der Waals surface area contributed by atoms with E-state index in [-0.39, 0.29) is 18.3 Å². The third-order valence-corrected chi connectivity index (χ3v) is 5.19. The molecule has 4 aromatic rings. The molecule has 0 unspecified atom stereocenters. The van der Waals surface area contributed by atoms with Crippen molar-refractivity contribution in [3.63, 3.8) is 0 Å². The van der Waals surface area contributed by atoms with Crippen LogP contribution in [0, 0.1) is 0 Å². The largest absolute Gasteiger partial charge is 0.484 e. The lowest BCUT2D eigenvalue weighted by atomic mass is 10.3. The first-order valence-corrected chi connectivity index (χ1v) is 9.85. The van der Waals surface area contributed by atoms with Gasteiger partial charge < -0.3 is 14.5 Å². The molecule has 136 valence electrons. The Morgan fingerprint density at radius 1 is 1.11 bits per heavy atom. The molecule has 7 nitrogen and oxygen atoms in total. The van der Waals surface area contributed by atoms with Crippen molar-refractivity contribution in [3.8, 4) is 5.75 Å². The van der Waals surface area contributed by atoms with Crippen LogP contribution in [0.15, 0.2) is 64.2 Å². The normalized spacial score (nSPS) is 10.8. The summed E-state index contributed by atoms with van der Waals surface area (Å²) in [4.78, 5) is 16.5. The molecular weight excluding hydrogens is 384 g/mol. The fourth-order valence-electron chi connectivity index (χ4n) is 2.22. The van der Waals surface area contributed by atoms with Gasteiger partial charge >= 0.3 is 0 Å². The van der Waals surface area contributed by atoms with Crippen molar-refractivity contribution >= 4 is 44.4 Å². The van der Waals surface area contributed by atoms with E-state index in [1.54, 1.807) is 0 Å². The van der Waals surface area contributed by atoms with Crippen molar-refractivity contribution in [2.24, 2.45) is 0 Å². The van der Waals surface area contributed by atoms with E-state index in [1.165, 1.54) is 23.1 Å². The van der Waals surface area contributed by atoms with Crippen LogP contribution in [-0.2, 0) is 11.4 Å². The van der Waals surface area contributed by atoms with Gasteiger partial charge in [-0.2, -0.15) is 0 Å². The van der Waals surface area contributed by atoms with Gasteiger partial charge in [-0.25, -0.2) is 4.98 Å². The zero-order valence-corrected chi connectivity index (χ0v) is 15.6. The summed E-state index contributed by atoms with van der Waals surface area (Å²) in [5.41, 5.74) is 0.866. The summed E-state index contributed by atoms with van der Waals surface area (Å²) in [6.07, 6.45) is 0. The lowest BCUT2D eigenvalue weighted by Gasteiger charge is -2.01. The summed E-state index contributed by atoms with van der Waals surface area (Å²) in [6, 6.07) is 17.1. The predicted octanol–water partition coefficient (Wildman–Crippen LogP) is 3.99. The molecule has 0 saturated heterocycles. The van der Waals surface area contributed by atoms with Gasteiger partial charge in [-0.3, -0.25) is 4.79 Å². The molecule has 9 heteroatoms. The first-order chi connectivity index (χ1) is 13.3. The number of hydrogen-bond donors (Lipinski definition) is 1. The summed E-state index contributed by atoms with van der Waals surface area (Å²) < 4.78 is 12.1. The van der Waals surface area contributed by atoms with E-state index in [0.29, 0.717) is 16.2 Å². The SMILES string of the molecule is O=C(CSc1nnc(COc2ccccc2)o1)Nc1nc2ccccc2s1. The Morgan fingerprint density at radius 2 is 1.93 bits per heavy atom. The smallest absolute Gasteiger partial charge is 0.277 e. The van der Waals surface area contributed by atoms with Gasteiger partial charge in [0.15, 0.2) is 11.7 Å². The number of anilines is 1. The van der Waals surface area contributed by atoms with Gasteiger partial charge in [-0.15, -0.1) is 10.2 Å². The van der Waals surface area contributed by atoms with Gasteiger partial charge in [0.2, 0.25) is 5.91 Å². The number of ether oxygens (including phenoxy) is 1. The third-order valence-electron chi connectivity index (χ3n) is 3.42. The van der Waals surface area contributed by atoms with Crippen molar-refractivity contribution in [1.82, 2.24) is 15.2 Å². The molecule has 0 bridgehead atoms. The predicted molar refractivity (Wildman–Crippen MR) is 104 cm³/mol. The second-order valence-electron chi connectivity index (χ2n) is 5.39. The number of rotatable bonds is 7. The minimum Gasteiger partial charge on any atom is -0.484 e. The Morgan fingerprint density at radius 3 is 2.78 bits per heavy atom. The van der Waals surface area contributed by atoms with Crippen molar-refractivity contribution in [2.75, 3.05) is 11.1 Å². The highest BCUT2D eigenvalue weighted by Gasteiger charge is 2.12. The summed E-state index contributed by atoms with van der Waals surface area (Å²) >= 11 is 2.60. The number of aromatic nitrogens is 3. The van der Waals surface area contributed by atoms with E-state index in [1.807, 2.05) is 54.6 Å². The first kappa shape index (κ1) is 17.5. The molecule has 0 radical (unpaired) electrons. The zero-order valence-electron chi connectivity index (χ0n) is 14.0. The van der Waals surface area contributed by atoms with E-state index in [0.717, 1.165) is 16.0 Å². The highest BCUT2D eigenvalue weighted by atomic mass is 32.2. The molecule has 2 aromatic heterocycles. The maximum atomic E-state index is 12.1. The number of thioether (sulfide) groups is 1. The summed E-state index contributed by atoms with van der Waals surface area (Å²) in [5.74, 6) is 1.05. The van der Waals surface area contributed by atoms with Crippen LogP contribution in [0.25, 0.3) is 10.2 Å². The molecule has 27 heavy (non-hydrogen) atoms. The molecule has 0 spiro atoms. The Labute approximate surface area is 162 Å². The number of fused-ring (bicyclic) bond motifs is 1. The number of thiazole rings is 1. The summed E-state index contributed by atoms with van der Waals surface area (Å²) in [5, 5.41) is 11.5. The average Bonchev–Trinajstić information content (AvgIpc) is 3.31. The van der Waals surface area contributed by atoms with Crippen molar-refractivity contribution in [3.05, 3.63) is 60.5 Å². The van der Waals surface area contributed by atoms with Gasteiger partial charge in [0.05, 0.1) is 16.0 Å². The fraction of sp³-hybridized carbons (Fsp3) is 0.111. The molecule has 0 aliphatic rings. The van der Waals surface area contributed by atoms with Crippen LogP contribution in [0.3, 0.4) is 0 Å². The van der Waals surface area contributed by atoms with E-state index in [9.17, 15) is 4.79 Å². The van der Waals surface area contributed by atoms with Crippen LogP contribution >= 0.6 is 23.1 Å². The summed E-state index contributed by atoms with van der Waals surface area (Å²) in [7, 11) is 0. The van der Waals surface area contributed by atoms with Gasteiger partial charge in [0, 0.05) is 0 Å². The van der Waals surface area contributed by atoms with E-state index >= 15 is 0 Å². The van der Waals surface area contributed by atoms with Crippen LogP contribution in [0.2, 0.25) is 0 Å². The second kappa shape index (κ2) is 8.19. The minimum atomic E-state index is -0.181. The standard InChI is InChI=1S/C18H14N4O3S2/c23-15(20-17-19-13-8-4-5-9-14(13)27-17)11-26-18-22-21-16(25-18)10-24-12-6-2-1-3-7-12/h1-9H,10-11H2,(H,19,20,23). The van der Waals surface area contributed by atoms with Gasteiger partial charge in [-0.05, 0) is 24.3 Å². The maximum Gasteiger partial charge on any atom is 0.277 e. The fourth-order valence-corrected chi connectivity index (χ4v) is 3.69. The topological polar surface area (TPSA) is 90.1 Å². The Bertz CT molecular complexity index is 1020. The lowest BCUT2D eigenvalue weighted by Crippen LogP contribution is -2.13. The van der Waals surface area contributed by atoms with E-state index in [2.05, 4.69) is 20.5 Å². The molecule has 0 saturated carbocycles. The molecular formula is C18H14N4O3S2. The third kappa shape index (κ3) is 4.63. The Kier molecular flexibility index (Phi) is 5.31. The second-order valence-corrected chi connectivity index (χ2v) is 7.34. The van der Waals surface area contributed by atoms with E-state index in [4.69, 9.17) is 9.15 Å². The van der Waals surface area contributed by atoms with Crippen LogP contribution in [-0.4, -0.2) is 26.8 Å². The molecule has 0 aliphatic heterocycles.